The second-order valence-electron chi connectivity index (χ2n) is 4.58. The summed E-state index contributed by atoms with van der Waals surface area (Å²) in [5, 5.41) is 9.21. The van der Waals surface area contributed by atoms with Crippen LogP contribution in [-0.2, 0) is 4.79 Å². The van der Waals surface area contributed by atoms with Gasteiger partial charge in [0.25, 0.3) is 0 Å². The molecule has 1 unspecified atom stereocenters. The lowest BCUT2D eigenvalue weighted by Crippen LogP contribution is -2.54. The SMILES string of the molecule is CCN(C1C=CCCC1)C(C)(C)C(=O)O. The maximum absolute atomic E-state index is 11.2. The van der Waals surface area contributed by atoms with Crippen LogP contribution < -0.4 is 0 Å². The Balaban J connectivity index is 2.82. The van der Waals surface area contributed by atoms with Gasteiger partial charge in [-0.15, -0.1) is 0 Å². The van der Waals surface area contributed by atoms with Crippen molar-refractivity contribution in [3.05, 3.63) is 12.2 Å². The lowest BCUT2D eigenvalue weighted by atomic mass is 9.94. The number of hydrogen-bond donors (Lipinski definition) is 1. The number of hydrogen-bond acceptors (Lipinski definition) is 2. The van der Waals surface area contributed by atoms with Crippen molar-refractivity contribution in [3.63, 3.8) is 0 Å². The summed E-state index contributed by atoms with van der Waals surface area (Å²) < 4.78 is 0. The van der Waals surface area contributed by atoms with E-state index in [-0.39, 0.29) is 6.04 Å². The zero-order chi connectivity index (χ0) is 11.5. The molecule has 0 spiro atoms. The normalized spacial score (nSPS) is 22.0. The molecule has 0 bridgehead atoms. The highest BCUT2D eigenvalue weighted by Gasteiger charge is 2.37. The molecule has 0 radical (unpaired) electrons. The van der Waals surface area contributed by atoms with Crippen molar-refractivity contribution in [2.45, 2.75) is 51.6 Å². The topological polar surface area (TPSA) is 40.5 Å². The Morgan fingerprint density at radius 3 is 2.67 bits per heavy atom. The van der Waals surface area contributed by atoms with E-state index in [1.54, 1.807) is 13.8 Å². The van der Waals surface area contributed by atoms with Crippen molar-refractivity contribution >= 4 is 5.97 Å². The second kappa shape index (κ2) is 4.79. The molecule has 0 aromatic rings. The van der Waals surface area contributed by atoms with Gasteiger partial charge in [-0.1, -0.05) is 19.1 Å². The fourth-order valence-corrected chi connectivity index (χ4v) is 2.22. The van der Waals surface area contributed by atoms with Crippen molar-refractivity contribution in [1.82, 2.24) is 4.90 Å². The van der Waals surface area contributed by atoms with Crippen LogP contribution in [0.3, 0.4) is 0 Å². The summed E-state index contributed by atoms with van der Waals surface area (Å²) in [5.41, 5.74) is -0.777. The molecule has 1 atom stereocenters. The minimum Gasteiger partial charge on any atom is -0.480 e. The first-order valence-corrected chi connectivity index (χ1v) is 5.67. The summed E-state index contributed by atoms with van der Waals surface area (Å²) in [6, 6.07) is 0.287. The van der Waals surface area contributed by atoms with Gasteiger partial charge in [0.2, 0.25) is 0 Å². The molecule has 86 valence electrons. The molecule has 1 aliphatic rings. The quantitative estimate of drug-likeness (QED) is 0.725. The zero-order valence-corrected chi connectivity index (χ0v) is 9.86. The Kier molecular flexibility index (Phi) is 3.91. The average molecular weight is 211 g/mol. The van der Waals surface area contributed by atoms with Gasteiger partial charge in [0.05, 0.1) is 0 Å². The molecule has 1 aliphatic carbocycles. The number of carboxylic acid groups (broad SMARTS) is 1. The molecule has 0 amide bonds. The van der Waals surface area contributed by atoms with E-state index in [0.29, 0.717) is 0 Å². The fraction of sp³-hybridized carbons (Fsp3) is 0.750. The molecule has 0 heterocycles. The van der Waals surface area contributed by atoms with Crippen molar-refractivity contribution in [3.8, 4) is 0 Å². The van der Waals surface area contributed by atoms with Gasteiger partial charge in [0.1, 0.15) is 5.54 Å². The number of nitrogens with zero attached hydrogens (tertiary/aromatic N) is 1. The first-order chi connectivity index (χ1) is 7.00. The van der Waals surface area contributed by atoms with E-state index in [0.717, 1.165) is 25.8 Å². The number of allylic oxidation sites excluding steroid dienone is 1. The van der Waals surface area contributed by atoms with Gasteiger partial charge < -0.3 is 5.11 Å². The molecule has 0 aromatic carbocycles. The highest BCUT2D eigenvalue weighted by atomic mass is 16.4. The molecule has 0 saturated carbocycles. The van der Waals surface area contributed by atoms with Gasteiger partial charge in [-0.25, -0.2) is 0 Å². The van der Waals surface area contributed by atoms with Crippen molar-refractivity contribution in [2.24, 2.45) is 0 Å². The Labute approximate surface area is 91.8 Å². The van der Waals surface area contributed by atoms with E-state index >= 15 is 0 Å². The maximum atomic E-state index is 11.2. The smallest absolute Gasteiger partial charge is 0.323 e. The van der Waals surface area contributed by atoms with Crippen LogP contribution in [0.5, 0.6) is 0 Å². The van der Waals surface area contributed by atoms with Gasteiger partial charge in [0, 0.05) is 6.04 Å². The molecular formula is C12H21NO2. The molecule has 1 rings (SSSR count). The molecule has 15 heavy (non-hydrogen) atoms. The van der Waals surface area contributed by atoms with Crippen LogP contribution in [0.15, 0.2) is 12.2 Å². The van der Waals surface area contributed by atoms with E-state index in [1.165, 1.54) is 0 Å². The Morgan fingerprint density at radius 2 is 2.27 bits per heavy atom. The number of likely N-dealkylation sites (N-methyl/N-ethyl adjacent to an activating group) is 1. The van der Waals surface area contributed by atoms with Crippen molar-refractivity contribution in [2.75, 3.05) is 6.54 Å². The fourth-order valence-electron chi connectivity index (χ4n) is 2.22. The molecule has 1 N–H and O–H groups in total. The summed E-state index contributed by atoms with van der Waals surface area (Å²) in [6.45, 7) is 6.35. The molecule has 0 saturated heterocycles. The van der Waals surface area contributed by atoms with E-state index in [1.807, 2.05) is 6.92 Å². The van der Waals surface area contributed by atoms with E-state index < -0.39 is 11.5 Å². The molecule has 0 fully saturated rings. The lowest BCUT2D eigenvalue weighted by molar-refractivity contribution is -0.150. The standard InChI is InChI=1S/C12H21NO2/c1-4-13(12(2,3)11(14)15)10-8-6-5-7-9-10/h6,8,10H,4-5,7,9H2,1-3H3,(H,14,15). The van der Waals surface area contributed by atoms with Gasteiger partial charge in [-0.3, -0.25) is 9.69 Å². The number of aliphatic carboxylic acids is 1. The molecule has 0 aliphatic heterocycles. The summed E-state index contributed by atoms with van der Waals surface area (Å²) in [7, 11) is 0. The average Bonchev–Trinajstić information content (AvgIpc) is 2.19. The molecule has 0 aromatic heterocycles. The van der Waals surface area contributed by atoms with Crippen LogP contribution in [0.2, 0.25) is 0 Å². The number of rotatable bonds is 4. The first-order valence-electron chi connectivity index (χ1n) is 5.67. The van der Waals surface area contributed by atoms with Gasteiger partial charge in [-0.2, -0.15) is 0 Å². The predicted octanol–water partition coefficient (Wildman–Crippen LogP) is 2.28. The van der Waals surface area contributed by atoms with Gasteiger partial charge >= 0.3 is 5.97 Å². The van der Waals surface area contributed by atoms with Gasteiger partial charge in [0.15, 0.2) is 0 Å². The van der Waals surface area contributed by atoms with Crippen LogP contribution in [-0.4, -0.2) is 34.1 Å². The second-order valence-corrected chi connectivity index (χ2v) is 4.58. The Morgan fingerprint density at radius 1 is 1.60 bits per heavy atom. The van der Waals surface area contributed by atoms with E-state index in [2.05, 4.69) is 17.1 Å². The molecule has 3 nitrogen and oxygen atoms in total. The minimum atomic E-state index is -0.777. The third-order valence-electron chi connectivity index (χ3n) is 3.21. The predicted molar refractivity (Wildman–Crippen MR) is 60.9 cm³/mol. The lowest BCUT2D eigenvalue weighted by Gasteiger charge is -2.40. The van der Waals surface area contributed by atoms with E-state index in [9.17, 15) is 9.90 Å². The Hall–Kier alpha value is -0.830. The van der Waals surface area contributed by atoms with Crippen molar-refractivity contribution < 1.29 is 9.90 Å². The monoisotopic (exact) mass is 211 g/mol. The highest BCUT2D eigenvalue weighted by molar-refractivity contribution is 5.77. The largest absolute Gasteiger partial charge is 0.480 e. The zero-order valence-electron chi connectivity index (χ0n) is 9.86. The van der Waals surface area contributed by atoms with Crippen LogP contribution in [0.1, 0.15) is 40.0 Å². The third kappa shape index (κ3) is 2.59. The molecular weight excluding hydrogens is 190 g/mol. The summed E-state index contributed by atoms with van der Waals surface area (Å²) in [5.74, 6) is -0.747. The number of carboxylic acids is 1. The van der Waals surface area contributed by atoms with Gasteiger partial charge in [-0.05, 0) is 39.7 Å². The maximum Gasteiger partial charge on any atom is 0.323 e. The third-order valence-corrected chi connectivity index (χ3v) is 3.21. The van der Waals surface area contributed by atoms with E-state index in [4.69, 9.17) is 0 Å². The van der Waals surface area contributed by atoms with Crippen LogP contribution in [0, 0.1) is 0 Å². The summed E-state index contributed by atoms with van der Waals surface area (Å²) in [6.07, 6.45) is 7.67. The van der Waals surface area contributed by atoms with Crippen molar-refractivity contribution in [1.29, 1.82) is 0 Å². The highest BCUT2D eigenvalue weighted by Crippen LogP contribution is 2.24. The summed E-state index contributed by atoms with van der Waals surface area (Å²) in [4.78, 5) is 13.3. The first kappa shape index (κ1) is 12.2. The van der Waals surface area contributed by atoms with Crippen LogP contribution >= 0.6 is 0 Å². The Bertz CT molecular complexity index is 258. The van der Waals surface area contributed by atoms with Crippen LogP contribution in [0.4, 0.5) is 0 Å². The molecule has 3 heteroatoms. The van der Waals surface area contributed by atoms with Crippen LogP contribution in [0.25, 0.3) is 0 Å². The number of carbonyl (C=O) groups is 1. The minimum absolute atomic E-state index is 0.287. The summed E-state index contributed by atoms with van der Waals surface area (Å²) >= 11 is 0.